The van der Waals surface area contributed by atoms with E-state index in [1.807, 2.05) is 52.0 Å². The van der Waals surface area contributed by atoms with Crippen LogP contribution in [0, 0.1) is 20.8 Å². The van der Waals surface area contributed by atoms with Gasteiger partial charge in [0, 0.05) is 17.5 Å². The normalized spacial score (nSPS) is 12.2. The van der Waals surface area contributed by atoms with Crippen molar-refractivity contribution in [2.24, 2.45) is 0 Å². The van der Waals surface area contributed by atoms with Crippen LogP contribution in [0.2, 0.25) is 0 Å². The number of hydrogen-bond acceptors (Lipinski definition) is 4. The van der Waals surface area contributed by atoms with Gasteiger partial charge in [-0.1, -0.05) is 23.4 Å². The van der Waals surface area contributed by atoms with E-state index < -0.39 is 0 Å². The monoisotopic (exact) mass is 304 g/mol. The summed E-state index contributed by atoms with van der Waals surface area (Å²) < 4.78 is 5.02. The first-order chi connectivity index (χ1) is 9.97. The molecule has 4 nitrogen and oxygen atoms in total. The summed E-state index contributed by atoms with van der Waals surface area (Å²) in [5.41, 5.74) is 3.93. The third-order valence-electron chi connectivity index (χ3n) is 3.26. The summed E-state index contributed by atoms with van der Waals surface area (Å²) in [5.74, 6) is 1.47. The molecule has 2 rings (SSSR count). The van der Waals surface area contributed by atoms with Crippen LogP contribution in [0.5, 0.6) is 0 Å². The Morgan fingerprint density at radius 2 is 2.00 bits per heavy atom. The number of aromatic nitrogens is 1. The lowest BCUT2D eigenvalue weighted by Crippen LogP contribution is -2.23. The van der Waals surface area contributed by atoms with E-state index in [4.69, 9.17) is 4.52 Å². The smallest absolute Gasteiger partial charge is 0.237 e. The predicted molar refractivity (Wildman–Crippen MR) is 86.5 cm³/mol. The molecule has 0 unspecified atom stereocenters. The van der Waals surface area contributed by atoms with Crippen LogP contribution in [0.1, 0.15) is 29.5 Å². The fourth-order valence-corrected chi connectivity index (χ4v) is 2.78. The average Bonchev–Trinajstić information content (AvgIpc) is 2.86. The van der Waals surface area contributed by atoms with Crippen molar-refractivity contribution in [1.29, 1.82) is 0 Å². The number of hydrogen-bond donors (Lipinski definition) is 1. The van der Waals surface area contributed by atoms with Crippen molar-refractivity contribution in [2.45, 2.75) is 38.7 Å². The molecule has 0 saturated carbocycles. The van der Waals surface area contributed by atoms with Gasteiger partial charge in [-0.15, -0.1) is 11.8 Å². The van der Waals surface area contributed by atoms with Crippen molar-refractivity contribution in [2.75, 3.05) is 5.32 Å². The van der Waals surface area contributed by atoms with Crippen molar-refractivity contribution < 1.29 is 9.32 Å². The summed E-state index contributed by atoms with van der Waals surface area (Å²) in [4.78, 5) is 12.3. The quantitative estimate of drug-likeness (QED) is 0.911. The maximum Gasteiger partial charge on any atom is 0.237 e. The second-order valence-electron chi connectivity index (χ2n) is 5.14. The number of para-hydroxylation sites is 1. The van der Waals surface area contributed by atoms with E-state index in [0.717, 1.165) is 28.3 Å². The number of nitrogens with one attached hydrogen (secondary N) is 1. The maximum absolute atomic E-state index is 12.3. The van der Waals surface area contributed by atoms with E-state index in [9.17, 15) is 4.79 Å². The molecule has 0 aliphatic heterocycles. The molecule has 0 fully saturated rings. The Labute approximate surface area is 129 Å². The van der Waals surface area contributed by atoms with E-state index in [2.05, 4.69) is 10.5 Å². The Kier molecular flexibility index (Phi) is 5.07. The Morgan fingerprint density at radius 3 is 2.57 bits per heavy atom. The number of aryl methyl sites for hydroxylation is 3. The number of benzene rings is 1. The summed E-state index contributed by atoms with van der Waals surface area (Å²) in [6.07, 6.45) is 0. The first kappa shape index (κ1) is 15.6. The zero-order valence-corrected chi connectivity index (χ0v) is 13.6. The molecule has 0 aliphatic rings. The largest absolute Gasteiger partial charge is 0.361 e. The number of nitrogens with zero attached hydrogens (tertiary/aromatic N) is 1. The molecule has 1 N–H and O–H groups in total. The molecule has 0 bridgehead atoms. The highest BCUT2D eigenvalue weighted by Gasteiger charge is 2.16. The van der Waals surface area contributed by atoms with E-state index in [-0.39, 0.29) is 11.2 Å². The van der Waals surface area contributed by atoms with Gasteiger partial charge < -0.3 is 9.84 Å². The van der Waals surface area contributed by atoms with Gasteiger partial charge in [0.15, 0.2) is 0 Å². The van der Waals surface area contributed by atoms with Crippen LogP contribution in [0.25, 0.3) is 0 Å². The standard InChI is InChI=1S/C16H20N2O2S/c1-10-6-5-7-11(2)15(10)17-16(19)13(4)21-9-14-8-12(3)20-18-14/h5-8,13H,9H2,1-4H3,(H,17,19)/t13-/m1/s1. The minimum Gasteiger partial charge on any atom is -0.361 e. The SMILES string of the molecule is Cc1cc(CS[C@H](C)C(=O)Nc2c(C)cccc2C)no1. The molecule has 0 saturated heterocycles. The minimum atomic E-state index is -0.152. The third-order valence-corrected chi connectivity index (χ3v) is 4.43. The van der Waals surface area contributed by atoms with Crippen LogP contribution in [-0.4, -0.2) is 16.3 Å². The van der Waals surface area contributed by atoms with Gasteiger partial charge in [0.2, 0.25) is 5.91 Å². The van der Waals surface area contributed by atoms with Crippen LogP contribution < -0.4 is 5.32 Å². The molecule has 1 aromatic carbocycles. The maximum atomic E-state index is 12.3. The molecule has 1 heterocycles. The van der Waals surface area contributed by atoms with Gasteiger partial charge >= 0.3 is 0 Å². The van der Waals surface area contributed by atoms with Crippen LogP contribution >= 0.6 is 11.8 Å². The van der Waals surface area contributed by atoms with Gasteiger partial charge in [-0.3, -0.25) is 4.79 Å². The molecule has 1 aromatic heterocycles. The molecule has 21 heavy (non-hydrogen) atoms. The first-order valence-electron chi connectivity index (χ1n) is 6.88. The van der Waals surface area contributed by atoms with Crippen molar-refractivity contribution in [3.05, 3.63) is 46.8 Å². The lowest BCUT2D eigenvalue weighted by Gasteiger charge is -2.15. The van der Waals surface area contributed by atoms with Crippen molar-refractivity contribution in [1.82, 2.24) is 5.16 Å². The van der Waals surface area contributed by atoms with E-state index in [1.165, 1.54) is 0 Å². The lowest BCUT2D eigenvalue weighted by atomic mass is 10.1. The summed E-state index contributed by atoms with van der Waals surface area (Å²) in [5, 5.41) is 6.80. The van der Waals surface area contributed by atoms with Crippen LogP contribution in [-0.2, 0) is 10.5 Å². The second-order valence-corrected chi connectivity index (χ2v) is 6.47. The van der Waals surface area contributed by atoms with E-state index in [1.54, 1.807) is 11.8 Å². The highest BCUT2D eigenvalue weighted by atomic mass is 32.2. The number of thioether (sulfide) groups is 1. The van der Waals surface area contributed by atoms with Crippen LogP contribution in [0.4, 0.5) is 5.69 Å². The zero-order valence-electron chi connectivity index (χ0n) is 12.8. The van der Waals surface area contributed by atoms with Gasteiger partial charge in [-0.25, -0.2) is 0 Å². The molecule has 0 spiro atoms. The van der Waals surface area contributed by atoms with Crippen LogP contribution in [0.15, 0.2) is 28.8 Å². The van der Waals surface area contributed by atoms with Gasteiger partial charge in [0.25, 0.3) is 0 Å². The van der Waals surface area contributed by atoms with Crippen LogP contribution in [0.3, 0.4) is 0 Å². The highest BCUT2D eigenvalue weighted by molar-refractivity contribution is 7.99. The third kappa shape index (κ3) is 4.11. The number of rotatable bonds is 5. The molecule has 112 valence electrons. The summed E-state index contributed by atoms with van der Waals surface area (Å²) >= 11 is 1.55. The Balaban J connectivity index is 1.93. The second kappa shape index (κ2) is 6.80. The molecule has 0 radical (unpaired) electrons. The Bertz CT molecular complexity index is 617. The van der Waals surface area contributed by atoms with Gasteiger partial charge in [-0.05, 0) is 38.8 Å². The summed E-state index contributed by atoms with van der Waals surface area (Å²) in [7, 11) is 0. The topological polar surface area (TPSA) is 55.1 Å². The number of carbonyl (C=O) groups excluding carboxylic acids is 1. The minimum absolute atomic E-state index is 0.0117. The first-order valence-corrected chi connectivity index (χ1v) is 7.93. The number of carbonyl (C=O) groups is 1. The molecule has 1 atom stereocenters. The molecule has 2 aromatic rings. The highest BCUT2D eigenvalue weighted by Crippen LogP contribution is 2.23. The lowest BCUT2D eigenvalue weighted by molar-refractivity contribution is -0.115. The van der Waals surface area contributed by atoms with Gasteiger partial charge in [0.1, 0.15) is 5.76 Å². The number of amides is 1. The van der Waals surface area contributed by atoms with Crippen molar-refractivity contribution in [3.63, 3.8) is 0 Å². The molecular weight excluding hydrogens is 284 g/mol. The molecule has 5 heteroatoms. The van der Waals surface area contributed by atoms with Gasteiger partial charge in [-0.2, -0.15) is 0 Å². The van der Waals surface area contributed by atoms with Gasteiger partial charge in [0.05, 0.1) is 10.9 Å². The van der Waals surface area contributed by atoms with E-state index in [0.29, 0.717) is 5.75 Å². The Hall–Kier alpha value is -1.75. The average molecular weight is 304 g/mol. The molecular formula is C16H20N2O2S. The van der Waals surface area contributed by atoms with Crippen molar-refractivity contribution in [3.8, 4) is 0 Å². The predicted octanol–water partition coefficient (Wildman–Crippen LogP) is 3.86. The number of anilines is 1. The summed E-state index contributed by atoms with van der Waals surface area (Å²) in [6, 6.07) is 7.88. The molecule has 0 aliphatic carbocycles. The summed E-state index contributed by atoms with van der Waals surface area (Å²) in [6.45, 7) is 7.76. The van der Waals surface area contributed by atoms with Crippen molar-refractivity contribution >= 4 is 23.4 Å². The van der Waals surface area contributed by atoms with E-state index >= 15 is 0 Å². The molecule has 1 amide bonds. The Morgan fingerprint density at radius 1 is 1.33 bits per heavy atom. The fraction of sp³-hybridized carbons (Fsp3) is 0.375. The fourth-order valence-electron chi connectivity index (χ4n) is 2.01. The zero-order chi connectivity index (χ0) is 15.4.